The lowest BCUT2D eigenvalue weighted by atomic mass is 10.1. The summed E-state index contributed by atoms with van der Waals surface area (Å²) in [6.07, 6.45) is 1.75. The van der Waals surface area contributed by atoms with E-state index in [0.717, 1.165) is 18.8 Å². The predicted octanol–water partition coefficient (Wildman–Crippen LogP) is 2.71. The van der Waals surface area contributed by atoms with Gasteiger partial charge in [0.05, 0.1) is 7.11 Å². The minimum Gasteiger partial charge on any atom is -0.497 e. The first-order chi connectivity index (χ1) is 9.60. The van der Waals surface area contributed by atoms with Crippen LogP contribution in [0.4, 0.5) is 0 Å². The Bertz CT molecular complexity index is 612. The third-order valence-corrected chi connectivity index (χ3v) is 4.74. The second-order valence-electron chi connectivity index (χ2n) is 4.99. The number of benzene rings is 2. The zero-order valence-corrected chi connectivity index (χ0v) is 13.0. The maximum absolute atomic E-state index is 11.3. The molecule has 0 spiro atoms. The van der Waals surface area contributed by atoms with E-state index in [4.69, 9.17) is 4.74 Å². The van der Waals surface area contributed by atoms with Gasteiger partial charge in [-0.3, -0.25) is 4.21 Å². The Balaban J connectivity index is 2.03. The van der Waals surface area contributed by atoms with E-state index in [1.54, 1.807) is 13.4 Å². The Labute approximate surface area is 122 Å². The van der Waals surface area contributed by atoms with Gasteiger partial charge in [0.25, 0.3) is 0 Å². The Morgan fingerprint density at radius 2 is 1.90 bits per heavy atom. The molecule has 3 nitrogen and oxygen atoms in total. The molecular weight excluding hydrogens is 270 g/mol. The third-order valence-electron chi connectivity index (χ3n) is 3.44. The zero-order chi connectivity index (χ0) is 14.5. The molecule has 20 heavy (non-hydrogen) atoms. The molecule has 0 amide bonds. The van der Waals surface area contributed by atoms with Crippen LogP contribution in [0.15, 0.2) is 36.4 Å². The molecule has 1 N–H and O–H groups in total. The molecule has 0 bridgehead atoms. The van der Waals surface area contributed by atoms with Crippen molar-refractivity contribution in [2.45, 2.75) is 18.7 Å². The first-order valence-electron chi connectivity index (χ1n) is 6.70. The molecule has 0 aromatic heterocycles. The normalized spacial score (nSPS) is 14.2. The zero-order valence-electron chi connectivity index (χ0n) is 12.2. The highest BCUT2D eigenvalue weighted by molar-refractivity contribution is 7.84. The monoisotopic (exact) mass is 291 g/mol. The largest absolute Gasteiger partial charge is 0.497 e. The lowest BCUT2D eigenvalue weighted by molar-refractivity contribution is 0.415. The summed E-state index contributed by atoms with van der Waals surface area (Å²) in [6, 6.07) is 12.5. The Kier molecular flexibility index (Phi) is 5.15. The van der Waals surface area contributed by atoms with E-state index in [1.165, 1.54) is 16.3 Å². The summed E-state index contributed by atoms with van der Waals surface area (Å²) in [7, 11) is 0.908. The lowest BCUT2D eigenvalue weighted by Gasteiger charge is -2.10. The van der Waals surface area contributed by atoms with Crippen molar-refractivity contribution in [3.05, 3.63) is 42.0 Å². The van der Waals surface area contributed by atoms with Gasteiger partial charge in [0.15, 0.2) is 0 Å². The van der Waals surface area contributed by atoms with Crippen LogP contribution in [-0.2, 0) is 17.3 Å². The Morgan fingerprint density at radius 3 is 2.60 bits per heavy atom. The fraction of sp³-hybridized carbons (Fsp3) is 0.375. The van der Waals surface area contributed by atoms with Crippen LogP contribution < -0.4 is 10.1 Å². The molecule has 0 saturated carbocycles. The molecule has 2 rings (SSSR count). The highest BCUT2D eigenvalue weighted by atomic mass is 32.2. The van der Waals surface area contributed by atoms with Gasteiger partial charge in [-0.1, -0.05) is 18.2 Å². The summed E-state index contributed by atoms with van der Waals surface area (Å²) in [5.41, 5.74) is 1.23. The molecule has 0 fully saturated rings. The molecule has 0 aliphatic rings. The summed E-state index contributed by atoms with van der Waals surface area (Å²) in [5, 5.41) is 5.92. The minimum absolute atomic E-state index is 0.180. The van der Waals surface area contributed by atoms with Crippen LogP contribution in [-0.4, -0.2) is 29.4 Å². The van der Waals surface area contributed by atoms with Gasteiger partial charge in [0.2, 0.25) is 0 Å². The van der Waals surface area contributed by atoms with Crippen LogP contribution >= 0.6 is 0 Å². The van der Waals surface area contributed by atoms with Gasteiger partial charge < -0.3 is 10.1 Å². The number of fused-ring (bicyclic) bond motifs is 1. The Hall–Kier alpha value is -1.39. The van der Waals surface area contributed by atoms with Crippen LogP contribution in [0.1, 0.15) is 12.5 Å². The molecular formula is C16H21NO2S. The summed E-state index contributed by atoms with van der Waals surface area (Å²) in [5.74, 6) is 0.877. The SMILES string of the molecule is COc1ccc2cc(CNCC(C)S(C)=O)ccc2c1. The molecule has 4 heteroatoms. The van der Waals surface area contributed by atoms with E-state index in [2.05, 4.69) is 29.6 Å². The third kappa shape index (κ3) is 3.81. The van der Waals surface area contributed by atoms with E-state index in [-0.39, 0.29) is 5.25 Å². The van der Waals surface area contributed by atoms with Gasteiger partial charge >= 0.3 is 0 Å². The smallest absolute Gasteiger partial charge is 0.119 e. The summed E-state index contributed by atoms with van der Waals surface area (Å²) in [4.78, 5) is 0. The quantitative estimate of drug-likeness (QED) is 0.889. The van der Waals surface area contributed by atoms with Crippen molar-refractivity contribution in [2.24, 2.45) is 0 Å². The van der Waals surface area contributed by atoms with Crippen molar-refractivity contribution >= 4 is 21.6 Å². The van der Waals surface area contributed by atoms with Crippen molar-refractivity contribution < 1.29 is 8.95 Å². The fourth-order valence-electron chi connectivity index (χ4n) is 2.05. The van der Waals surface area contributed by atoms with Crippen LogP contribution in [0.25, 0.3) is 10.8 Å². The fourth-order valence-corrected chi connectivity index (χ4v) is 2.40. The molecule has 0 saturated heterocycles. The highest BCUT2D eigenvalue weighted by Crippen LogP contribution is 2.21. The number of hydrogen-bond acceptors (Lipinski definition) is 3. The van der Waals surface area contributed by atoms with Gasteiger partial charge in [0.1, 0.15) is 5.75 Å². The maximum Gasteiger partial charge on any atom is 0.119 e. The van der Waals surface area contributed by atoms with Gasteiger partial charge in [-0.15, -0.1) is 0 Å². The maximum atomic E-state index is 11.3. The molecule has 2 aromatic carbocycles. The summed E-state index contributed by atoms with van der Waals surface area (Å²) in [6.45, 7) is 3.56. The molecule has 0 radical (unpaired) electrons. The van der Waals surface area contributed by atoms with Crippen molar-refractivity contribution in [1.82, 2.24) is 5.32 Å². The van der Waals surface area contributed by atoms with Crippen molar-refractivity contribution in [1.29, 1.82) is 0 Å². The number of nitrogens with one attached hydrogen (secondary N) is 1. The van der Waals surface area contributed by atoms with E-state index in [9.17, 15) is 4.21 Å². The summed E-state index contributed by atoms with van der Waals surface area (Å²) >= 11 is 0. The highest BCUT2D eigenvalue weighted by Gasteiger charge is 2.05. The number of hydrogen-bond donors (Lipinski definition) is 1. The number of methoxy groups -OCH3 is 1. The van der Waals surface area contributed by atoms with Crippen LogP contribution in [0.2, 0.25) is 0 Å². The molecule has 0 aliphatic heterocycles. The molecule has 2 aromatic rings. The van der Waals surface area contributed by atoms with Gasteiger partial charge in [-0.05, 0) is 41.5 Å². The molecule has 2 unspecified atom stereocenters. The minimum atomic E-state index is -0.771. The number of ether oxygens (including phenoxy) is 1. The first kappa shape index (κ1) is 15.0. The first-order valence-corrected chi connectivity index (χ1v) is 8.32. The van der Waals surface area contributed by atoms with Crippen LogP contribution in [0, 0.1) is 0 Å². The standard InChI is InChI=1S/C16H21NO2S/c1-12(20(3)18)10-17-11-13-4-5-15-9-16(19-2)7-6-14(15)8-13/h4-9,12,17H,10-11H2,1-3H3. The number of rotatable bonds is 6. The van der Waals surface area contributed by atoms with E-state index in [0.29, 0.717) is 0 Å². The van der Waals surface area contributed by atoms with Crippen molar-refractivity contribution in [3.8, 4) is 5.75 Å². The molecule has 0 heterocycles. The molecule has 2 atom stereocenters. The van der Waals surface area contributed by atoms with Crippen LogP contribution in [0.5, 0.6) is 5.75 Å². The predicted molar refractivity (Wildman–Crippen MR) is 85.7 cm³/mol. The van der Waals surface area contributed by atoms with Crippen molar-refractivity contribution in [3.63, 3.8) is 0 Å². The Morgan fingerprint density at radius 1 is 1.20 bits per heavy atom. The summed E-state index contributed by atoms with van der Waals surface area (Å²) < 4.78 is 16.5. The van der Waals surface area contributed by atoms with Crippen molar-refractivity contribution in [2.75, 3.05) is 19.9 Å². The van der Waals surface area contributed by atoms with Gasteiger partial charge in [0, 0.05) is 35.4 Å². The second-order valence-corrected chi connectivity index (χ2v) is 6.79. The van der Waals surface area contributed by atoms with Gasteiger partial charge in [-0.25, -0.2) is 0 Å². The van der Waals surface area contributed by atoms with Gasteiger partial charge in [-0.2, -0.15) is 0 Å². The van der Waals surface area contributed by atoms with Crippen LogP contribution in [0.3, 0.4) is 0 Å². The average molecular weight is 291 g/mol. The molecule has 0 aliphatic carbocycles. The van der Waals surface area contributed by atoms with E-state index < -0.39 is 10.8 Å². The van der Waals surface area contributed by atoms with E-state index in [1.807, 2.05) is 19.1 Å². The average Bonchev–Trinajstić information content (AvgIpc) is 2.46. The van der Waals surface area contributed by atoms with E-state index >= 15 is 0 Å². The lowest BCUT2D eigenvalue weighted by Crippen LogP contribution is -2.27. The second kappa shape index (κ2) is 6.86. The topological polar surface area (TPSA) is 38.3 Å². The molecule has 108 valence electrons.